The SMILES string of the molecule is COc1ccc(S(=O)(=O)C(=[N+]=[N-])S(=O)(=O)c2ccc3ccccc3c2)cc1. The van der Waals surface area contributed by atoms with Crippen molar-refractivity contribution in [2.24, 2.45) is 0 Å². The molecule has 0 aliphatic carbocycles. The van der Waals surface area contributed by atoms with Crippen LogP contribution in [0.3, 0.4) is 0 Å². The van der Waals surface area contributed by atoms with Gasteiger partial charge in [0, 0.05) is 0 Å². The van der Waals surface area contributed by atoms with Gasteiger partial charge in [0.2, 0.25) is 0 Å². The summed E-state index contributed by atoms with van der Waals surface area (Å²) >= 11 is 0. The van der Waals surface area contributed by atoms with Crippen molar-refractivity contribution in [1.29, 1.82) is 0 Å². The second kappa shape index (κ2) is 6.96. The molecule has 0 bridgehead atoms. The molecule has 9 heteroatoms. The Morgan fingerprint density at radius 1 is 0.815 bits per heavy atom. The molecule has 3 aromatic rings. The predicted octanol–water partition coefficient (Wildman–Crippen LogP) is 2.68. The van der Waals surface area contributed by atoms with E-state index in [-0.39, 0.29) is 9.79 Å². The standard InChI is InChI=1S/C18H14N2O5S2/c1-25-15-7-10-16(11-8-15)26(21,22)18(20-19)27(23,24)17-9-6-13-4-2-3-5-14(13)12-17/h2-12H,1H3. The fraction of sp³-hybridized carbons (Fsp3) is 0.0556. The van der Waals surface area contributed by atoms with E-state index in [1.54, 1.807) is 30.3 Å². The van der Waals surface area contributed by atoms with Crippen LogP contribution in [0.1, 0.15) is 0 Å². The number of rotatable bonds is 3. The number of ether oxygens (including phenoxy) is 1. The van der Waals surface area contributed by atoms with Crippen LogP contribution in [0.25, 0.3) is 16.3 Å². The van der Waals surface area contributed by atoms with Gasteiger partial charge in [-0.15, -0.1) is 4.79 Å². The molecule has 0 N–H and O–H groups in total. The highest BCUT2D eigenvalue weighted by Gasteiger charge is 2.44. The van der Waals surface area contributed by atoms with Crippen LogP contribution in [-0.4, -0.2) is 33.1 Å². The Morgan fingerprint density at radius 3 is 1.96 bits per heavy atom. The van der Waals surface area contributed by atoms with Crippen LogP contribution in [0, 0.1) is 0 Å². The number of fused-ring (bicyclic) bond motifs is 1. The van der Waals surface area contributed by atoms with E-state index in [4.69, 9.17) is 4.74 Å². The van der Waals surface area contributed by atoms with Gasteiger partial charge in [0.05, 0.1) is 16.9 Å². The molecule has 27 heavy (non-hydrogen) atoms. The van der Waals surface area contributed by atoms with Crippen LogP contribution in [0.4, 0.5) is 0 Å². The summed E-state index contributed by atoms with van der Waals surface area (Å²) in [5.74, 6) is 0.397. The molecule has 0 amide bonds. The lowest BCUT2D eigenvalue weighted by Crippen LogP contribution is -2.26. The van der Waals surface area contributed by atoms with Gasteiger partial charge in [0.15, 0.2) is 0 Å². The summed E-state index contributed by atoms with van der Waals surface area (Å²) in [4.78, 5) is 2.00. The van der Waals surface area contributed by atoms with Crippen molar-refractivity contribution in [3.63, 3.8) is 0 Å². The largest absolute Gasteiger partial charge is 0.504 e. The van der Waals surface area contributed by atoms with E-state index in [0.29, 0.717) is 11.1 Å². The van der Waals surface area contributed by atoms with Crippen molar-refractivity contribution >= 4 is 34.8 Å². The minimum atomic E-state index is -4.58. The average molecular weight is 402 g/mol. The molecule has 0 heterocycles. The summed E-state index contributed by atoms with van der Waals surface area (Å²) in [6, 6.07) is 16.3. The first kappa shape index (κ1) is 18.8. The van der Waals surface area contributed by atoms with Crippen molar-refractivity contribution in [3.05, 3.63) is 72.3 Å². The first-order chi connectivity index (χ1) is 12.8. The smallest absolute Gasteiger partial charge is 0.497 e. The second-order valence-corrected chi connectivity index (χ2v) is 9.55. The lowest BCUT2D eigenvalue weighted by Gasteiger charge is -2.05. The molecule has 3 aromatic carbocycles. The summed E-state index contributed by atoms with van der Waals surface area (Å²) in [5, 5.41) is 1.40. The molecule has 0 saturated heterocycles. The number of nitrogens with zero attached hydrogens (tertiary/aromatic N) is 2. The molecule has 0 fully saturated rings. The Kier molecular flexibility index (Phi) is 4.84. The highest BCUT2D eigenvalue weighted by molar-refractivity contribution is 8.31. The number of hydrogen-bond acceptors (Lipinski definition) is 5. The maximum atomic E-state index is 12.9. The highest BCUT2D eigenvalue weighted by atomic mass is 32.3. The predicted molar refractivity (Wildman–Crippen MR) is 99.9 cm³/mol. The molecule has 0 aliphatic rings. The molecule has 0 atom stereocenters. The molecule has 7 nitrogen and oxygen atoms in total. The van der Waals surface area contributed by atoms with Crippen molar-refractivity contribution in [2.45, 2.75) is 9.79 Å². The number of hydrogen-bond donors (Lipinski definition) is 0. The van der Waals surface area contributed by atoms with Gasteiger partial charge in [-0.05, 0) is 47.2 Å². The van der Waals surface area contributed by atoms with Gasteiger partial charge in [-0.1, -0.05) is 30.3 Å². The van der Waals surface area contributed by atoms with Gasteiger partial charge >= 0.3 is 4.38 Å². The lowest BCUT2D eigenvalue weighted by atomic mass is 10.1. The molecular formula is C18H14N2O5S2. The zero-order valence-corrected chi connectivity index (χ0v) is 15.7. The zero-order chi connectivity index (χ0) is 19.7. The Balaban J connectivity index is 2.13. The van der Waals surface area contributed by atoms with Crippen LogP contribution in [0.15, 0.2) is 76.5 Å². The minimum Gasteiger partial charge on any atom is -0.497 e. The quantitative estimate of drug-likeness (QED) is 0.289. The van der Waals surface area contributed by atoms with Gasteiger partial charge in [-0.2, -0.15) is 0 Å². The zero-order valence-electron chi connectivity index (χ0n) is 14.1. The molecule has 0 unspecified atom stereocenters. The third-order valence-corrected chi connectivity index (χ3v) is 8.11. The molecule has 138 valence electrons. The molecule has 0 aliphatic heterocycles. The molecule has 0 aromatic heterocycles. The maximum Gasteiger partial charge on any atom is 0.504 e. The van der Waals surface area contributed by atoms with Crippen LogP contribution >= 0.6 is 0 Å². The maximum absolute atomic E-state index is 12.9. The number of methoxy groups -OCH3 is 1. The number of benzene rings is 3. The molecule has 0 spiro atoms. The summed E-state index contributed by atoms with van der Waals surface area (Å²) in [6.45, 7) is 0. The van der Waals surface area contributed by atoms with E-state index < -0.39 is 24.1 Å². The van der Waals surface area contributed by atoms with Crippen LogP contribution in [0.2, 0.25) is 0 Å². The van der Waals surface area contributed by atoms with Gasteiger partial charge in [-0.3, -0.25) is 0 Å². The lowest BCUT2D eigenvalue weighted by molar-refractivity contribution is 0.00380. The van der Waals surface area contributed by atoms with Gasteiger partial charge in [0.1, 0.15) is 5.75 Å². The summed E-state index contributed by atoms with van der Waals surface area (Å²) < 4.78 is 54.8. The van der Waals surface area contributed by atoms with Crippen molar-refractivity contribution < 1.29 is 26.4 Å². The normalized spacial score (nSPS) is 11.7. The average Bonchev–Trinajstić information content (AvgIpc) is 2.67. The Labute approximate surface area is 156 Å². The molecule has 0 saturated carbocycles. The van der Waals surface area contributed by atoms with Gasteiger partial charge in [-0.25, -0.2) is 16.8 Å². The van der Waals surface area contributed by atoms with Crippen LogP contribution in [0.5, 0.6) is 5.75 Å². The van der Waals surface area contributed by atoms with E-state index in [0.717, 1.165) is 5.39 Å². The fourth-order valence-corrected chi connectivity index (χ4v) is 5.92. The highest BCUT2D eigenvalue weighted by Crippen LogP contribution is 2.25. The summed E-state index contributed by atoms with van der Waals surface area (Å²) in [6.07, 6.45) is 0. The summed E-state index contributed by atoms with van der Waals surface area (Å²) in [7, 11) is -7.75. The molecular weight excluding hydrogens is 388 g/mol. The Hall–Kier alpha value is -3.00. The number of sulfone groups is 2. The first-order valence-electron chi connectivity index (χ1n) is 7.66. The summed E-state index contributed by atoms with van der Waals surface area (Å²) in [5.41, 5.74) is 9.24. The molecule has 0 radical (unpaired) electrons. The third-order valence-electron chi connectivity index (χ3n) is 3.94. The van der Waals surface area contributed by atoms with E-state index in [2.05, 4.69) is 4.79 Å². The van der Waals surface area contributed by atoms with E-state index in [1.807, 2.05) is 0 Å². The topological polar surface area (TPSA) is 114 Å². The molecule has 3 rings (SSSR count). The van der Waals surface area contributed by atoms with Crippen LogP contribution < -0.4 is 4.74 Å². The minimum absolute atomic E-state index is 0.286. The fourth-order valence-electron chi connectivity index (χ4n) is 2.54. The first-order valence-corrected chi connectivity index (χ1v) is 10.6. The monoisotopic (exact) mass is 402 g/mol. The van der Waals surface area contributed by atoms with Crippen molar-refractivity contribution in [1.82, 2.24) is 0 Å². The van der Waals surface area contributed by atoms with E-state index >= 15 is 0 Å². The van der Waals surface area contributed by atoms with Crippen molar-refractivity contribution in [3.8, 4) is 5.75 Å². The van der Waals surface area contributed by atoms with Crippen LogP contribution in [-0.2, 0) is 19.7 Å². The Morgan fingerprint density at radius 2 is 1.37 bits per heavy atom. The van der Waals surface area contributed by atoms with Gasteiger partial charge < -0.3 is 10.3 Å². The second-order valence-electron chi connectivity index (χ2n) is 5.56. The van der Waals surface area contributed by atoms with E-state index in [1.165, 1.54) is 43.5 Å². The Bertz CT molecular complexity index is 1270. The van der Waals surface area contributed by atoms with Crippen molar-refractivity contribution in [2.75, 3.05) is 7.11 Å². The third kappa shape index (κ3) is 3.35. The van der Waals surface area contributed by atoms with Gasteiger partial charge in [0.25, 0.3) is 19.7 Å². The van der Waals surface area contributed by atoms with E-state index in [9.17, 15) is 22.4 Å².